The second-order valence-electron chi connectivity index (χ2n) is 4.47. The number of carbonyl (C=O) groups is 1. The first kappa shape index (κ1) is 13.3. The standard InChI is InChI=1S/C13H17ClN2O2/c1-8-3-4-9(14)5-10(8)13(17)16-11-6-15-7-12(11)18-2/h3-5,11-12,15H,6-7H2,1-2H3,(H,16,17)/t11?,12-/m0/s1. The number of ether oxygens (including phenoxy) is 1. The number of benzene rings is 1. The Labute approximate surface area is 112 Å². The molecule has 1 saturated heterocycles. The van der Waals surface area contributed by atoms with Gasteiger partial charge in [-0.25, -0.2) is 0 Å². The first-order chi connectivity index (χ1) is 8.61. The van der Waals surface area contributed by atoms with Crippen molar-refractivity contribution in [3.05, 3.63) is 34.3 Å². The van der Waals surface area contributed by atoms with Crippen molar-refractivity contribution in [2.75, 3.05) is 20.2 Å². The lowest BCUT2D eigenvalue weighted by Gasteiger charge is -2.19. The van der Waals surface area contributed by atoms with Crippen LogP contribution in [0.4, 0.5) is 0 Å². The lowest BCUT2D eigenvalue weighted by Crippen LogP contribution is -2.43. The molecule has 0 spiro atoms. The summed E-state index contributed by atoms with van der Waals surface area (Å²) in [5, 5.41) is 6.74. The molecule has 4 nitrogen and oxygen atoms in total. The van der Waals surface area contributed by atoms with Gasteiger partial charge >= 0.3 is 0 Å². The van der Waals surface area contributed by atoms with Gasteiger partial charge in [0, 0.05) is 30.8 Å². The van der Waals surface area contributed by atoms with E-state index in [4.69, 9.17) is 16.3 Å². The minimum Gasteiger partial charge on any atom is -0.378 e. The molecule has 98 valence electrons. The molecule has 1 heterocycles. The summed E-state index contributed by atoms with van der Waals surface area (Å²) < 4.78 is 5.31. The molecule has 1 aromatic rings. The highest BCUT2D eigenvalue weighted by Gasteiger charge is 2.28. The number of carbonyl (C=O) groups excluding carboxylic acids is 1. The number of amides is 1. The van der Waals surface area contributed by atoms with Gasteiger partial charge in [-0.05, 0) is 24.6 Å². The molecular formula is C13H17ClN2O2. The maximum atomic E-state index is 12.2. The molecule has 0 saturated carbocycles. The minimum atomic E-state index is -0.106. The lowest BCUT2D eigenvalue weighted by atomic mass is 10.1. The molecule has 0 bridgehead atoms. The van der Waals surface area contributed by atoms with E-state index in [1.807, 2.05) is 13.0 Å². The third-order valence-electron chi connectivity index (χ3n) is 3.22. The van der Waals surface area contributed by atoms with Crippen molar-refractivity contribution in [1.29, 1.82) is 0 Å². The maximum absolute atomic E-state index is 12.2. The van der Waals surface area contributed by atoms with Crippen molar-refractivity contribution < 1.29 is 9.53 Å². The molecule has 5 heteroatoms. The Hall–Kier alpha value is -1.10. The van der Waals surface area contributed by atoms with Crippen LogP contribution in [0.5, 0.6) is 0 Å². The van der Waals surface area contributed by atoms with Gasteiger partial charge in [-0.15, -0.1) is 0 Å². The molecule has 2 rings (SSSR count). The van der Waals surface area contributed by atoms with Crippen LogP contribution in [0.3, 0.4) is 0 Å². The number of hydrogen-bond acceptors (Lipinski definition) is 3. The van der Waals surface area contributed by atoms with Crippen molar-refractivity contribution >= 4 is 17.5 Å². The second-order valence-corrected chi connectivity index (χ2v) is 4.91. The van der Waals surface area contributed by atoms with Crippen LogP contribution < -0.4 is 10.6 Å². The summed E-state index contributed by atoms with van der Waals surface area (Å²) in [5.41, 5.74) is 1.53. The zero-order valence-electron chi connectivity index (χ0n) is 10.5. The van der Waals surface area contributed by atoms with Crippen molar-refractivity contribution in [3.63, 3.8) is 0 Å². The Kier molecular flexibility index (Phi) is 4.22. The highest BCUT2D eigenvalue weighted by Crippen LogP contribution is 2.16. The summed E-state index contributed by atoms with van der Waals surface area (Å²) in [7, 11) is 1.65. The zero-order valence-corrected chi connectivity index (χ0v) is 11.3. The monoisotopic (exact) mass is 268 g/mol. The highest BCUT2D eigenvalue weighted by atomic mass is 35.5. The van der Waals surface area contributed by atoms with Gasteiger partial charge in [0.25, 0.3) is 5.91 Å². The summed E-state index contributed by atoms with van der Waals surface area (Å²) in [6.07, 6.45) is 0.0217. The van der Waals surface area contributed by atoms with Crippen LogP contribution in [0.1, 0.15) is 15.9 Å². The molecule has 1 unspecified atom stereocenters. The summed E-state index contributed by atoms with van der Waals surface area (Å²) in [4.78, 5) is 12.2. The maximum Gasteiger partial charge on any atom is 0.251 e. The average molecular weight is 269 g/mol. The molecular weight excluding hydrogens is 252 g/mol. The fourth-order valence-corrected chi connectivity index (χ4v) is 2.30. The predicted octanol–water partition coefficient (Wildman–Crippen LogP) is 1.37. The first-order valence-corrected chi connectivity index (χ1v) is 6.30. The van der Waals surface area contributed by atoms with Crippen LogP contribution in [0, 0.1) is 6.92 Å². The van der Waals surface area contributed by atoms with Crippen molar-refractivity contribution in [1.82, 2.24) is 10.6 Å². The Morgan fingerprint density at radius 1 is 1.50 bits per heavy atom. The van der Waals surface area contributed by atoms with Gasteiger partial charge in [-0.1, -0.05) is 17.7 Å². The highest BCUT2D eigenvalue weighted by molar-refractivity contribution is 6.31. The number of nitrogens with one attached hydrogen (secondary N) is 2. The average Bonchev–Trinajstić information content (AvgIpc) is 2.79. The van der Waals surface area contributed by atoms with Gasteiger partial charge < -0.3 is 15.4 Å². The van der Waals surface area contributed by atoms with Crippen LogP contribution in [0.2, 0.25) is 5.02 Å². The van der Waals surface area contributed by atoms with Gasteiger partial charge in [0.2, 0.25) is 0 Å². The van der Waals surface area contributed by atoms with Gasteiger partial charge in [-0.2, -0.15) is 0 Å². The summed E-state index contributed by atoms with van der Waals surface area (Å²) in [6, 6.07) is 5.32. The van der Waals surface area contributed by atoms with Crippen molar-refractivity contribution in [3.8, 4) is 0 Å². The number of rotatable bonds is 3. The molecule has 1 aromatic carbocycles. The van der Waals surface area contributed by atoms with E-state index in [1.54, 1.807) is 19.2 Å². The molecule has 1 aliphatic heterocycles. The van der Waals surface area contributed by atoms with E-state index >= 15 is 0 Å². The zero-order chi connectivity index (χ0) is 13.1. The molecule has 0 radical (unpaired) electrons. The molecule has 1 amide bonds. The molecule has 1 fully saturated rings. The van der Waals surface area contributed by atoms with E-state index in [9.17, 15) is 4.79 Å². The number of aryl methyl sites for hydroxylation is 1. The normalized spacial score (nSPS) is 23.1. The van der Waals surface area contributed by atoms with E-state index in [-0.39, 0.29) is 18.1 Å². The quantitative estimate of drug-likeness (QED) is 0.871. The van der Waals surface area contributed by atoms with Crippen molar-refractivity contribution in [2.24, 2.45) is 0 Å². The Bertz CT molecular complexity index is 451. The third-order valence-corrected chi connectivity index (χ3v) is 3.46. The second kappa shape index (κ2) is 5.69. The fraction of sp³-hybridized carbons (Fsp3) is 0.462. The number of hydrogen-bond donors (Lipinski definition) is 2. The first-order valence-electron chi connectivity index (χ1n) is 5.92. The Balaban J connectivity index is 2.09. The smallest absolute Gasteiger partial charge is 0.251 e. The molecule has 1 aliphatic rings. The van der Waals surface area contributed by atoms with Gasteiger partial charge in [0.05, 0.1) is 12.1 Å². The molecule has 18 heavy (non-hydrogen) atoms. The number of methoxy groups -OCH3 is 1. The topological polar surface area (TPSA) is 50.4 Å². The van der Waals surface area contributed by atoms with Crippen molar-refractivity contribution in [2.45, 2.75) is 19.1 Å². The van der Waals surface area contributed by atoms with E-state index < -0.39 is 0 Å². The Morgan fingerprint density at radius 2 is 2.28 bits per heavy atom. The minimum absolute atomic E-state index is 0.000816. The third kappa shape index (κ3) is 2.83. The van der Waals surface area contributed by atoms with E-state index in [0.29, 0.717) is 10.6 Å². The van der Waals surface area contributed by atoms with Crippen LogP contribution in [-0.2, 0) is 4.74 Å². The Morgan fingerprint density at radius 3 is 3.00 bits per heavy atom. The summed E-state index contributed by atoms with van der Waals surface area (Å²) in [6.45, 7) is 3.38. The van der Waals surface area contributed by atoms with Crippen LogP contribution >= 0.6 is 11.6 Å². The lowest BCUT2D eigenvalue weighted by molar-refractivity contribution is 0.0779. The summed E-state index contributed by atoms with van der Waals surface area (Å²) >= 11 is 5.92. The van der Waals surface area contributed by atoms with Gasteiger partial charge in [0.1, 0.15) is 0 Å². The predicted molar refractivity (Wildman–Crippen MR) is 71.1 cm³/mol. The molecule has 0 aromatic heterocycles. The van der Waals surface area contributed by atoms with Crippen LogP contribution in [0.15, 0.2) is 18.2 Å². The fourth-order valence-electron chi connectivity index (χ4n) is 2.13. The molecule has 0 aliphatic carbocycles. The largest absolute Gasteiger partial charge is 0.378 e. The molecule has 2 N–H and O–H groups in total. The van der Waals surface area contributed by atoms with Crippen LogP contribution in [0.25, 0.3) is 0 Å². The summed E-state index contributed by atoms with van der Waals surface area (Å²) in [5.74, 6) is -0.106. The SMILES string of the molecule is CO[C@H]1CNCC1NC(=O)c1cc(Cl)ccc1C. The molecule has 2 atom stereocenters. The van der Waals surface area contributed by atoms with Gasteiger partial charge in [0.15, 0.2) is 0 Å². The van der Waals surface area contributed by atoms with E-state index in [0.717, 1.165) is 18.7 Å². The van der Waals surface area contributed by atoms with E-state index in [1.165, 1.54) is 0 Å². The van der Waals surface area contributed by atoms with Crippen LogP contribution in [-0.4, -0.2) is 38.3 Å². The number of halogens is 1. The van der Waals surface area contributed by atoms with Gasteiger partial charge in [-0.3, -0.25) is 4.79 Å². The van der Waals surface area contributed by atoms with E-state index in [2.05, 4.69) is 10.6 Å².